The van der Waals surface area contributed by atoms with Gasteiger partial charge in [-0.15, -0.1) is 0 Å². The number of nitriles is 1. The molecule has 6 unspecified atom stereocenters. The molecule has 6 atom stereocenters. The zero-order chi connectivity index (χ0) is 43.4. The number of dihydropyridines is 1. The number of rotatable bonds is 16. The number of Topliss-reactive ketones (excluding diaryl/α,β-unsaturated/α-hetero) is 1. The van der Waals surface area contributed by atoms with Gasteiger partial charge in [0.1, 0.15) is 35.3 Å². The van der Waals surface area contributed by atoms with Crippen LogP contribution in [0.4, 0.5) is 0 Å². The molecule has 13 nitrogen and oxygen atoms in total. The highest BCUT2D eigenvalue weighted by Gasteiger charge is 2.84. The maximum atomic E-state index is 15.4. The molecule has 0 aromatic heterocycles. The number of amides is 1. The van der Waals surface area contributed by atoms with Gasteiger partial charge in [-0.3, -0.25) is 9.59 Å². The second-order valence-corrected chi connectivity index (χ2v) is 18.2. The number of carbonyl (C=O) groups excluding carboxylic acids is 2. The first-order valence-corrected chi connectivity index (χ1v) is 21.2. The van der Waals surface area contributed by atoms with Gasteiger partial charge < -0.3 is 50.8 Å². The van der Waals surface area contributed by atoms with Crippen molar-refractivity contribution in [2.75, 3.05) is 39.5 Å². The molecule has 8 rings (SSSR count). The summed E-state index contributed by atoms with van der Waals surface area (Å²) in [4.78, 5) is 28.5. The molecular weight excluding hydrogens is 763 g/mol. The predicted molar refractivity (Wildman–Crippen MR) is 228 cm³/mol. The van der Waals surface area contributed by atoms with E-state index in [0.717, 1.165) is 35.1 Å². The smallest absolute Gasteiger partial charge is 0.246 e. The molecule has 7 aliphatic rings. The number of allylic oxidation sites excluding steroid dienone is 5. The summed E-state index contributed by atoms with van der Waals surface area (Å²) < 4.78 is 28.8. The van der Waals surface area contributed by atoms with Crippen molar-refractivity contribution >= 4 is 23.5 Å². The molecule has 322 valence electrons. The molecule has 4 fully saturated rings. The van der Waals surface area contributed by atoms with Crippen LogP contribution >= 0.6 is 0 Å². The Hall–Kier alpha value is -4.87. The number of ketones is 1. The summed E-state index contributed by atoms with van der Waals surface area (Å²) >= 11 is 0. The van der Waals surface area contributed by atoms with E-state index in [1.165, 1.54) is 5.57 Å². The van der Waals surface area contributed by atoms with Gasteiger partial charge in [-0.2, -0.15) is 5.26 Å². The van der Waals surface area contributed by atoms with Crippen LogP contribution in [0.5, 0.6) is 17.2 Å². The van der Waals surface area contributed by atoms with Crippen molar-refractivity contribution < 1.29 is 38.7 Å². The summed E-state index contributed by atoms with van der Waals surface area (Å²) in [5.74, 6) is -0.465. The first-order valence-electron chi connectivity index (χ1n) is 21.2. The fraction of sp³-hybridized carbons (Fsp3) is 0.553. The Kier molecular flexibility index (Phi) is 11.7. The fourth-order valence-electron chi connectivity index (χ4n) is 10.4. The van der Waals surface area contributed by atoms with E-state index in [1.807, 2.05) is 27.7 Å². The lowest BCUT2D eigenvalue weighted by atomic mass is 9.45. The lowest BCUT2D eigenvalue weighted by Gasteiger charge is -2.62. The van der Waals surface area contributed by atoms with Crippen LogP contribution in [-0.4, -0.2) is 83.8 Å². The topological polar surface area (TPSA) is 197 Å². The Bertz CT molecular complexity index is 2200. The Morgan fingerprint density at radius 2 is 1.78 bits per heavy atom. The minimum Gasteiger partial charge on any atom is -0.491 e. The first-order chi connectivity index (χ1) is 28.5. The molecule has 1 aromatic carbocycles. The van der Waals surface area contributed by atoms with Crippen molar-refractivity contribution in [2.24, 2.45) is 23.5 Å². The molecule has 7 N–H and O–H groups in total. The van der Waals surface area contributed by atoms with E-state index in [0.29, 0.717) is 60.0 Å². The predicted octanol–water partition coefficient (Wildman–Crippen LogP) is 5.03. The zero-order valence-corrected chi connectivity index (χ0v) is 36.3. The van der Waals surface area contributed by atoms with Gasteiger partial charge in [0.15, 0.2) is 17.0 Å². The highest BCUT2D eigenvalue weighted by atomic mass is 16.6. The summed E-state index contributed by atoms with van der Waals surface area (Å²) in [5, 5.41) is 38.9. The van der Waals surface area contributed by atoms with Crippen molar-refractivity contribution in [3.8, 4) is 23.3 Å². The minimum atomic E-state index is -1.59. The average molecular weight is 824 g/mol. The summed E-state index contributed by atoms with van der Waals surface area (Å²) in [5.41, 5.74) is 8.71. The number of nitrogens with one attached hydrogen (secondary N) is 3. The van der Waals surface area contributed by atoms with Crippen LogP contribution in [0.15, 0.2) is 58.0 Å². The van der Waals surface area contributed by atoms with Crippen LogP contribution in [0.1, 0.15) is 97.8 Å². The maximum absolute atomic E-state index is 15.4. The lowest BCUT2D eigenvalue weighted by molar-refractivity contribution is -0.181. The number of benzene rings is 1. The normalized spacial score (nSPS) is 28.7. The van der Waals surface area contributed by atoms with Gasteiger partial charge in [0.05, 0.1) is 47.3 Å². The van der Waals surface area contributed by atoms with Gasteiger partial charge in [-0.1, -0.05) is 29.4 Å². The van der Waals surface area contributed by atoms with Gasteiger partial charge in [-0.25, -0.2) is 0 Å². The van der Waals surface area contributed by atoms with E-state index in [9.17, 15) is 20.3 Å². The van der Waals surface area contributed by atoms with Gasteiger partial charge in [-0.05, 0) is 93.2 Å². The van der Waals surface area contributed by atoms with Gasteiger partial charge in [0.25, 0.3) is 0 Å². The van der Waals surface area contributed by atoms with Crippen molar-refractivity contribution in [1.29, 1.82) is 5.26 Å². The van der Waals surface area contributed by atoms with Crippen LogP contribution in [-0.2, 0) is 20.7 Å². The summed E-state index contributed by atoms with van der Waals surface area (Å²) in [7, 11) is 0. The highest BCUT2D eigenvalue weighted by molar-refractivity contribution is 6.02. The third kappa shape index (κ3) is 6.85. The second-order valence-electron chi connectivity index (χ2n) is 18.2. The van der Waals surface area contributed by atoms with E-state index in [-0.39, 0.29) is 61.8 Å². The molecule has 1 spiro atoms. The van der Waals surface area contributed by atoms with Crippen molar-refractivity contribution in [3.05, 3.63) is 74.7 Å². The molecule has 3 aliphatic carbocycles. The van der Waals surface area contributed by atoms with Crippen LogP contribution in [0, 0.1) is 29.1 Å². The summed E-state index contributed by atoms with van der Waals surface area (Å²) in [6, 6.07) is 2.35. The monoisotopic (exact) mass is 823 g/mol. The number of hydrogen-bond acceptors (Lipinski definition) is 12. The highest BCUT2D eigenvalue weighted by Crippen LogP contribution is 2.73. The number of aliphatic hydroxyl groups excluding tert-OH is 2. The van der Waals surface area contributed by atoms with Gasteiger partial charge in [0.2, 0.25) is 5.91 Å². The Balaban J connectivity index is 1.53. The fourth-order valence-corrected chi connectivity index (χ4v) is 10.4. The molecule has 1 aromatic rings. The molecule has 4 heterocycles. The largest absolute Gasteiger partial charge is 0.491 e. The van der Waals surface area contributed by atoms with Crippen molar-refractivity contribution in [3.63, 3.8) is 0 Å². The number of aliphatic hydroxyl groups is 2. The molecule has 4 bridgehead atoms. The van der Waals surface area contributed by atoms with Gasteiger partial charge in [0, 0.05) is 60.5 Å². The number of nitrogens with two attached hydrogens (primary N) is 1. The first kappa shape index (κ1) is 43.2. The standard InChI is InChI=1S/C47H61N5O8/c1-26(2)10-9-15-45(8)16-14-30-38(58-45)29(12-11-27(3)4)40-35(39(30)57-23-20-50-18-21-53)37-36-34(32(25-48)42(49)52-37)31-24-33-44(6,7)60-46(41(31)55,47(33,36)59-40)17-13-28(5)43(56)51-19-22-54/h10-11,13-14,16,31,33-34,50,52-54H,9,12,15,17-24,49H2,1-8H3,(H,51,56)/b28-13-. The Labute approximate surface area is 353 Å². The van der Waals surface area contributed by atoms with E-state index >= 15 is 4.79 Å². The third-order valence-corrected chi connectivity index (χ3v) is 13.1. The van der Waals surface area contributed by atoms with E-state index < -0.39 is 34.2 Å². The molecule has 1 amide bonds. The van der Waals surface area contributed by atoms with E-state index in [1.54, 1.807) is 13.0 Å². The van der Waals surface area contributed by atoms with Crippen molar-refractivity contribution in [1.82, 2.24) is 16.0 Å². The Morgan fingerprint density at radius 1 is 1.05 bits per heavy atom. The molecule has 13 heteroatoms. The summed E-state index contributed by atoms with van der Waals surface area (Å²) in [6.07, 6.45) is 12.6. The van der Waals surface area contributed by atoms with E-state index in [2.05, 4.69) is 67.1 Å². The Morgan fingerprint density at radius 3 is 2.47 bits per heavy atom. The third-order valence-electron chi connectivity index (χ3n) is 13.1. The number of nitrogens with zero attached hydrogens (tertiary/aromatic N) is 1. The number of carbonyl (C=O) groups is 2. The molecular formula is C47H61N5O8. The van der Waals surface area contributed by atoms with Crippen LogP contribution in [0.3, 0.4) is 0 Å². The van der Waals surface area contributed by atoms with Crippen LogP contribution in [0.25, 0.3) is 11.8 Å². The lowest BCUT2D eigenvalue weighted by Crippen LogP contribution is -2.75. The molecule has 60 heavy (non-hydrogen) atoms. The van der Waals surface area contributed by atoms with E-state index in [4.69, 9.17) is 24.7 Å². The molecule has 4 aliphatic heterocycles. The van der Waals surface area contributed by atoms with Crippen molar-refractivity contribution in [2.45, 2.75) is 110 Å². The maximum Gasteiger partial charge on any atom is 0.246 e. The number of fused-ring (bicyclic) bond motifs is 3. The number of ether oxygens (including phenoxy) is 4. The molecule has 3 saturated carbocycles. The van der Waals surface area contributed by atoms with Crippen LogP contribution in [0.2, 0.25) is 0 Å². The zero-order valence-electron chi connectivity index (χ0n) is 36.3. The number of hydrogen-bond donors (Lipinski definition) is 6. The minimum absolute atomic E-state index is 0.0145. The molecule has 0 radical (unpaired) electrons. The summed E-state index contributed by atoms with van der Waals surface area (Å²) in [6.45, 7) is 17.0. The SMILES string of the molecule is CC(C)=CCCC1(C)C=Cc2c(c(CC=C(C)C)c3c(c2OCCNCCO)C2=C4C(C(C#N)=C(N)N2)C2CC5C(C)(C)OC(C/C=C(/C)C(=O)NCCO)(C2=O)C45O3)O1. The van der Waals surface area contributed by atoms with Gasteiger partial charge >= 0.3 is 0 Å². The van der Waals surface area contributed by atoms with Crippen LogP contribution < -0.4 is 35.9 Å². The average Bonchev–Trinajstić information content (AvgIpc) is 3.34. The second kappa shape index (κ2) is 16.2. The molecule has 1 saturated heterocycles. The quantitative estimate of drug-likeness (QED) is 0.0740.